The summed E-state index contributed by atoms with van der Waals surface area (Å²) < 4.78 is 76.0. The Balaban J connectivity index is 2.65. The zero-order valence-corrected chi connectivity index (χ0v) is 10.6. The first-order chi connectivity index (χ1) is 10.00. The van der Waals surface area contributed by atoms with Gasteiger partial charge in [0.05, 0.1) is 11.1 Å². The van der Waals surface area contributed by atoms with Crippen molar-refractivity contribution in [3.8, 4) is 22.6 Å². The predicted molar refractivity (Wildman–Crippen MR) is 65.2 cm³/mol. The Bertz CT molecular complexity index is 703. The van der Waals surface area contributed by atoms with Crippen LogP contribution in [-0.2, 0) is 12.4 Å². The molecule has 0 aromatic heterocycles. The van der Waals surface area contributed by atoms with Crippen LogP contribution in [0.15, 0.2) is 36.4 Å². The SMILES string of the molecule is Oc1cc(C(F)(F)F)cc(-c2cccc(C(F)(F)F)c2)c1O. The largest absolute Gasteiger partial charge is 0.504 e. The van der Waals surface area contributed by atoms with Gasteiger partial charge in [0.25, 0.3) is 0 Å². The van der Waals surface area contributed by atoms with Crippen molar-refractivity contribution in [3.63, 3.8) is 0 Å². The molecule has 0 saturated heterocycles. The summed E-state index contributed by atoms with van der Waals surface area (Å²) in [5, 5.41) is 19.0. The number of phenolic OH excluding ortho intramolecular Hbond substituents is 2. The summed E-state index contributed by atoms with van der Waals surface area (Å²) in [7, 11) is 0. The maximum absolute atomic E-state index is 12.7. The van der Waals surface area contributed by atoms with E-state index >= 15 is 0 Å². The first kappa shape index (κ1) is 16.0. The molecule has 22 heavy (non-hydrogen) atoms. The number of hydrogen-bond donors (Lipinski definition) is 2. The molecular formula is C14H8F6O2. The van der Waals surface area contributed by atoms with Gasteiger partial charge in [-0.3, -0.25) is 0 Å². The van der Waals surface area contributed by atoms with E-state index in [1.54, 1.807) is 0 Å². The van der Waals surface area contributed by atoms with E-state index in [9.17, 15) is 36.6 Å². The molecule has 0 atom stereocenters. The normalized spacial score (nSPS) is 12.5. The van der Waals surface area contributed by atoms with Gasteiger partial charge in [-0.05, 0) is 29.8 Å². The molecule has 0 heterocycles. The van der Waals surface area contributed by atoms with Crippen LogP contribution in [0, 0.1) is 0 Å². The van der Waals surface area contributed by atoms with Crippen molar-refractivity contribution >= 4 is 0 Å². The molecule has 0 unspecified atom stereocenters. The fourth-order valence-electron chi connectivity index (χ4n) is 1.87. The highest BCUT2D eigenvalue weighted by Gasteiger charge is 2.33. The third-order valence-electron chi connectivity index (χ3n) is 2.92. The van der Waals surface area contributed by atoms with E-state index in [0.29, 0.717) is 18.2 Å². The molecule has 0 aliphatic carbocycles. The molecule has 2 N–H and O–H groups in total. The number of aromatic hydroxyl groups is 2. The maximum Gasteiger partial charge on any atom is 0.416 e. The molecule has 0 saturated carbocycles. The highest BCUT2D eigenvalue weighted by molar-refractivity contribution is 5.74. The van der Waals surface area contributed by atoms with Crippen molar-refractivity contribution < 1.29 is 36.6 Å². The number of hydrogen-bond acceptors (Lipinski definition) is 2. The maximum atomic E-state index is 12.7. The Morgan fingerprint density at radius 1 is 0.727 bits per heavy atom. The van der Waals surface area contributed by atoms with Gasteiger partial charge < -0.3 is 10.2 Å². The number of halogens is 6. The summed E-state index contributed by atoms with van der Waals surface area (Å²) in [6.07, 6.45) is -9.50. The minimum absolute atomic E-state index is 0.297. The van der Waals surface area contributed by atoms with E-state index in [2.05, 4.69) is 0 Å². The topological polar surface area (TPSA) is 40.5 Å². The van der Waals surface area contributed by atoms with E-state index in [0.717, 1.165) is 18.2 Å². The summed E-state index contributed by atoms with van der Waals surface area (Å²) in [6.45, 7) is 0. The predicted octanol–water partition coefficient (Wildman–Crippen LogP) is 4.80. The summed E-state index contributed by atoms with van der Waals surface area (Å²) >= 11 is 0. The van der Waals surface area contributed by atoms with Gasteiger partial charge in [-0.25, -0.2) is 0 Å². The summed E-state index contributed by atoms with van der Waals surface area (Å²) in [6, 6.07) is 4.21. The third kappa shape index (κ3) is 3.10. The monoisotopic (exact) mass is 322 g/mol. The van der Waals surface area contributed by atoms with Crippen LogP contribution in [0.2, 0.25) is 0 Å². The van der Waals surface area contributed by atoms with Crippen molar-refractivity contribution in [3.05, 3.63) is 47.5 Å². The molecule has 2 aromatic carbocycles. The van der Waals surface area contributed by atoms with Gasteiger partial charge in [0, 0.05) is 5.56 Å². The van der Waals surface area contributed by atoms with Gasteiger partial charge in [0.1, 0.15) is 0 Å². The smallest absolute Gasteiger partial charge is 0.416 e. The summed E-state index contributed by atoms with van der Waals surface area (Å²) in [4.78, 5) is 0. The molecule has 2 nitrogen and oxygen atoms in total. The molecule has 0 aliphatic heterocycles. The van der Waals surface area contributed by atoms with E-state index in [1.165, 1.54) is 0 Å². The van der Waals surface area contributed by atoms with E-state index in [4.69, 9.17) is 0 Å². The van der Waals surface area contributed by atoms with Crippen LogP contribution < -0.4 is 0 Å². The lowest BCUT2D eigenvalue weighted by atomic mass is 9.99. The van der Waals surface area contributed by atoms with Gasteiger partial charge in [-0.15, -0.1) is 0 Å². The van der Waals surface area contributed by atoms with Crippen molar-refractivity contribution in [2.45, 2.75) is 12.4 Å². The van der Waals surface area contributed by atoms with Crippen LogP contribution in [0.25, 0.3) is 11.1 Å². The van der Waals surface area contributed by atoms with Crippen LogP contribution in [0.5, 0.6) is 11.5 Å². The second-order valence-corrected chi connectivity index (χ2v) is 4.47. The number of benzene rings is 2. The Kier molecular flexibility index (Phi) is 3.72. The van der Waals surface area contributed by atoms with Crippen molar-refractivity contribution in [2.24, 2.45) is 0 Å². The molecule has 0 aliphatic rings. The highest BCUT2D eigenvalue weighted by Crippen LogP contribution is 2.43. The Morgan fingerprint density at radius 2 is 1.32 bits per heavy atom. The number of rotatable bonds is 1. The fourth-order valence-corrected chi connectivity index (χ4v) is 1.87. The zero-order chi connectivity index (χ0) is 16.7. The highest BCUT2D eigenvalue weighted by atomic mass is 19.4. The fraction of sp³-hybridized carbons (Fsp3) is 0.143. The molecule has 2 rings (SSSR count). The molecule has 0 amide bonds. The molecule has 0 bridgehead atoms. The van der Waals surface area contributed by atoms with Crippen molar-refractivity contribution in [1.29, 1.82) is 0 Å². The van der Waals surface area contributed by atoms with Crippen LogP contribution in [0.3, 0.4) is 0 Å². The van der Waals surface area contributed by atoms with Gasteiger partial charge >= 0.3 is 12.4 Å². The van der Waals surface area contributed by atoms with Crippen LogP contribution in [0.1, 0.15) is 11.1 Å². The molecular weight excluding hydrogens is 314 g/mol. The quantitative estimate of drug-likeness (QED) is 0.585. The van der Waals surface area contributed by atoms with E-state index in [1.807, 2.05) is 0 Å². The molecule has 2 aromatic rings. The Hall–Kier alpha value is -2.38. The molecule has 8 heteroatoms. The molecule has 0 spiro atoms. The van der Waals surface area contributed by atoms with Gasteiger partial charge in [0.2, 0.25) is 0 Å². The van der Waals surface area contributed by atoms with Crippen LogP contribution in [-0.4, -0.2) is 10.2 Å². The van der Waals surface area contributed by atoms with Crippen molar-refractivity contribution in [2.75, 3.05) is 0 Å². The van der Waals surface area contributed by atoms with Crippen LogP contribution in [0.4, 0.5) is 26.3 Å². The lowest BCUT2D eigenvalue weighted by Gasteiger charge is -2.14. The van der Waals surface area contributed by atoms with Gasteiger partial charge in [-0.1, -0.05) is 12.1 Å². The van der Waals surface area contributed by atoms with Gasteiger partial charge in [-0.2, -0.15) is 26.3 Å². The number of phenols is 2. The first-order valence-corrected chi connectivity index (χ1v) is 5.81. The Morgan fingerprint density at radius 3 is 1.86 bits per heavy atom. The summed E-state index contributed by atoms with van der Waals surface area (Å²) in [5.41, 5.74) is -3.20. The summed E-state index contributed by atoms with van der Waals surface area (Å²) in [5.74, 6) is -1.99. The first-order valence-electron chi connectivity index (χ1n) is 5.81. The minimum Gasteiger partial charge on any atom is -0.504 e. The lowest BCUT2D eigenvalue weighted by molar-refractivity contribution is -0.138. The molecule has 118 valence electrons. The Labute approximate surface area is 120 Å². The van der Waals surface area contributed by atoms with Crippen LogP contribution >= 0.6 is 0 Å². The molecule has 0 fully saturated rings. The zero-order valence-electron chi connectivity index (χ0n) is 10.6. The van der Waals surface area contributed by atoms with E-state index < -0.39 is 40.5 Å². The van der Waals surface area contributed by atoms with E-state index in [-0.39, 0.29) is 5.56 Å². The second kappa shape index (κ2) is 5.11. The number of alkyl halides is 6. The lowest BCUT2D eigenvalue weighted by Crippen LogP contribution is -2.06. The molecule has 0 radical (unpaired) electrons. The second-order valence-electron chi connectivity index (χ2n) is 4.47. The van der Waals surface area contributed by atoms with Gasteiger partial charge in [0.15, 0.2) is 11.5 Å². The minimum atomic E-state index is -4.82. The third-order valence-corrected chi connectivity index (χ3v) is 2.92. The average molecular weight is 322 g/mol. The average Bonchev–Trinajstić information content (AvgIpc) is 2.39. The van der Waals surface area contributed by atoms with Crippen molar-refractivity contribution in [1.82, 2.24) is 0 Å². The standard InChI is InChI=1S/C14H8F6O2/c15-13(16,17)8-3-1-2-7(4-8)10-5-9(14(18,19)20)6-11(21)12(10)22/h1-6,21-22H.